The van der Waals surface area contributed by atoms with Crippen molar-refractivity contribution in [1.29, 1.82) is 0 Å². The van der Waals surface area contributed by atoms with Crippen molar-refractivity contribution in [3.05, 3.63) is 66.0 Å². The molecule has 0 aliphatic heterocycles. The number of nitrogens with zero attached hydrogens (tertiary/aromatic N) is 2. The predicted octanol–water partition coefficient (Wildman–Crippen LogP) is 3.21. The van der Waals surface area contributed by atoms with Gasteiger partial charge < -0.3 is 9.88 Å². The van der Waals surface area contributed by atoms with Gasteiger partial charge in [0.1, 0.15) is 11.7 Å². The summed E-state index contributed by atoms with van der Waals surface area (Å²) in [5.41, 5.74) is 3.08. The van der Waals surface area contributed by atoms with E-state index in [0.29, 0.717) is 6.42 Å². The average Bonchev–Trinajstić information content (AvgIpc) is 2.91. The summed E-state index contributed by atoms with van der Waals surface area (Å²) in [6.45, 7) is 0. The maximum atomic E-state index is 11.8. The van der Waals surface area contributed by atoms with Gasteiger partial charge in [-0.25, -0.2) is 4.98 Å². The minimum atomic E-state index is -0.181. The molecule has 0 saturated heterocycles. The van der Waals surface area contributed by atoms with Crippen LogP contribution in [-0.2, 0) is 18.3 Å². The zero-order valence-corrected chi connectivity index (χ0v) is 13.6. The Hall–Kier alpha value is -2.33. The van der Waals surface area contributed by atoms with Crippen molar-refractivity contribution < 1.29 is 4.79 Å². The van der Waals surface area contributed by atoms with Crippen LogP contribution in [0.2, 0.25) is 0 Å². The lowest BCUT2D eigenvalue weighted by Crippen LogP contribution is -2.31. The van der Waals surface area contributed by atoms with Crippen molar-refractivity contribution in [3.63, 3.8) is 0 Å². The van der Waals surface area contributed by atoms with Gasteiger partial charge in [0.15, 0.2) is 0 Å². The van der Waals surface area contributed by atoms with Crippen LogP contribution in [0.1, 0.15) is 17.4 Å². The Morgan fingerprint density at radius 2 is 1.87 bits per heavy atom. The van der Waals surface area contributed by atoms with Gasteiger partial charge in [0.05, 0.1) is 17.1 Å². The second-order valence-electron chi connectivity index (χ2n) is 5.44. The molecule has 0 fully saturated rings. The van der Waals surface area contributed by atoms with E-state index in [4.69, 9.17) is 11.6 Å². The average molecular weight is 328 g/mol. The molecule has 4 nitrogen and oxygen atoms in total. The molecule has 0 spiro atoms. The molecule has 0 aliphatic carbocycles. The second-order valence-corrected chi connectivity index (χ2v) is 5.71. The molecule has 3 aromatic rings. The molecule has 23 heavy (non-hydrogen) atoms. The first-order valence-electron chi connectivity index (χ1n) is 7.49. The Labute approximate surface area is 140 Å². The smallest absolute Gasteiger partial charge is 0.235 e. The second kappa shape index (κ2) is 6.84. The van der Waals surface area contributed by atoms with Crippen molar-refractivity contribution in [1.82, 2.24) is 14.9 Å². The van der Waals surface area contributed by atoms with Crippen LogP contribution in [0.15, 0.2) is 54.6 Å². The van der Waals surface area contributed by atoms with Gasteiger partial charge in [-0.1, -0.05) is 42.5 Å². The quantitative estimate of drug-likeness (QED) is 0.731. The number of hydrogen-bond acceptors (Lipinski definition) is 2. The van der Waals surface area contributed by atoms with Crippen LogP contribution in [0.3, 0.4) is 0 Å². The zero-order chi connectivity index (χ0) is 16.2. The van der Waals surface area contributed by atoms with Crippen LogP contribution < -0.4 is 5.32 Å². The lowest BCUT2D eigenvalue weighted by Gasteiger charge is -2.18. The highest BCUT2D eigenvalue weighted by atomic mass is 35.5. The number of para-hydroxylation sites is 2. The first-order chi connectivity index (χ1) is 11.2. The summed E-state index contributed by atoms with van der Waals surface area (Å²) < 4.78 is 2.07. The largest absolute Gasteiger partial charge is 0.348 e. The SMILES string of the molecule is Cn1c(CC(NC(=O)CCl)c2ccccc2)nc2ccccc21. The van der Waals surface area contributed by atoms with Crippen LogP contribution in [0.5, 0.6) is 0 Å². The summed E-state index contributed by atoms with van der Waals surface area (Å²) in [5.74, 6) is 0.695. The van der Waals surface area contributed by atoms with Gasteiger partial charge in [-0.2, -0.15) is 0 Å². The van der Waals surface area contributed by atoms with E-state index >= 15 is 0 Å². The van der Waals surface area contributed by atoms with Gasteiger partial charge >= 0.3 is 0 Å². The van der Waals surface area contributed by atoms with Gasteiger partial charge in [-0.3, -0.25) is 4.79 Å². The van der Waals surface area contributed by atoms with E-state index in [2.05, 4.69) is 14.9 Å². The highest BCUT2D eigenvalue weighted by Crippen LogP contribution is 2.21. The molecule has 1 N–H and O–H groups in total. The number of alkyl halides is 1. The minimum absolute atomic E-state index is 0.0497. The number of carbonyl (C=O) groups excluding carboxylic acids is 1. The fraction of sp³-hybridized carbons (Fsp3) is 0.222. The fourth-order valence-corrected chi connectivity index (χ4v) is 2.81. The summed E-state index contributed by atoms with van der Waals surface area (Å²) in [4.78, 5) is 16.5. The number of carbonyl (C=O) groups is 1. The molecule has 0 radical (unpaired) electrons. The molecule has 2 aromatic carbocycles. The third kappa shape index (κ3) is 3.37. The number of imidazole rings is 1. The lowest BCUT2D eigenvalue weighted by atomic mass is 10.0. The molecule has 1 atom stereocenters. The van der Waals surface area contributed by atoms with Crippen LogP contribution in [-0.4, -0.2) is 21.3 Å². The molecule has 1 amide bonds. The van der Waals surface area contributed by atoms with Crippen molar-refractivity contribution in [2.24, 2.45) is 7.05 Å². The number of fused-ring (bicyclic) bond motifs is 1. The molecular formula is C18H18ClN3O. The van der Waals surface area contributed by atoms with Crippen molar-refractivity contribution in [3.8, 4) is 0 Å². The van der Waals surface area contributed by atoms with Gasteiger partial charge in [-0.05, 0) is 17.7 Å². The molecule has 118 valence electrons. The number of nitrogens with one attached hydrogen (secondary N) is 1. The van der Waals surface area contributed by atoms with Crippen molar-refractivity contribution in [2.45, 2.75) is 12.5 Å². The number of hydrogen-bond donors (Lipinski definition) is 1. The van der Waals surface area contributed by atoms with E-state index in [0.717, 1.165) is 22.4 Å². The molecule has 1 heterocycles. The number of halogens is 1. The van der Waals surface area contributed by atoms with Gasteiger partial charge in [0.25, 0.3) is 0 Å². The Balaban J connectivity index is 1.93. The van der Waals surface area contributed by atoms with E-state index in [1.807, 2.05) is 61.6 Å². The molecule has 0 aliphatic rings. The third-order valence-electron chi connectivity index (χ3n) is 3.92. The van der Waals surface area contributed by atoms with Crippen LogP contribution >= 0.6 is 11.6 Å². The predicted molar refractivity (Wildman–Crippen MR) is 92.5 cm³/mol. The van der Waals surface area contributed by atoms with E-state index < -0.39 is 0 Å². The Kier molecular flexibility index (Phi) is 4.63. The monoisotopic (exact) mass is 327 g/mol. The van der Waals surface area contributed by atoms with Crippen molar-refractivity contribution in [2.75, 3.05) is 5.88 Å². The third-order valence-corrected chi connectivity index (χ3v) is 4.17. The molecular weight excluding hydrogens is 310 g/mol. The van der Waals surface area contributed by atoms with E-state index in [1.54, 1.807) is 0 Å². The number of rotatable bonds is 5. The first-order valence-corrected chi connectivity index (χ1v) is 8.03. The van der Waals surface area contributed by atoms with E-state index in [1.165, 1.54) is 0 Å². The van der Waals surface area contributed by atoms with Crippen LogP contribution in [0, 0.1) is 0 Å². The Bertz CT molecular complexity index is 814. The molecule has 1 unspecified atom stereocenters. The maximum Gasteiger partial charge on any atom is 0.235 e. The summed E-state index contributed by atoms with van der Waals surface area (Å²) in [6.07, 6.45) is 0.609. The first kappa shape index (κ1) is 15.6. The summed E-state index contributed by atoms with van der Waals surface area (Å²) in [7, 11) is 2.00. The molecule has 0 bridgehead atoms. The summed E-state index contributed by atoms with van der Waals surface area (Å²) in [6, 6.07) is 17.7. The highest BCUT2D eigenvalue weighted by molar-refractivity contribution is 6.27. The van der Waals surface area contributed by atoms with E-state index in [-0.39, 0.29) is 17.8 Å². The van der Waals surface area contributed by atoms with Crippen LogP contribution in [0.25, 0.3) is 11.0 Å². The van der Waals surface area contributed by atoms with Crippen LogP contribution in [0.4, 0.5) is 0 Å². The number of aryl methyl sites for hydroxylation is 1. The van der Waals surface area contributed by atoms with Gasteiger partial charge in [0.2, 0.25) is 5.91 Å². The van der Waals surface area contributed by atoms with Gasteiger partial charge in [-0.15, -0.1) is 11.6 Å². The maximum absolute atomic E-state index is 11.8. The molecule has 1 aromatic heterocycles. The lowest BCUT2D eigenvalue weighted by molar-refractivity contribution is -0.119. The standard InChI is InChI=1S/C18H18ClN3O/c1-22-16-10-6-5-9-14(16)20-17(22)11-15(21-18(23)12-19)13-7-3-2-4-8-13/h2-10,15H,11-12H2,1H3,(H,21,23). The Morgan fingerprint density at radius 3 is 2.57 bits per heavy atom. The number of aromatic nitrogens is 2. The topological polar surface area (TPSA) is 46.9 Å². The van der Waals surface area contributed by atoms with Crippen molar-refractivity contribution >= 4 is 28.5 Å². The molecule has 5 heteroatoms. The summed E-state index contributed by atoms with van der Waals surface area (Å²) in [5, 5.41) is 2.98. The highest BCUT2D eigenvalue weighted by Gasteiger charge is 2.18. The zero-order valence-electron chi connectivity index (χ0n) is 12.9. The molecule has 3 rings (SSSR count). The number of benzene rings is 2. The fourth-order valence-electron chi connectivity index (χ4n) is 2.73. The summed E-state index contributed by atoms with van der Waals surface area (Å²) >= 11 is 5.65. The molecule has 0 saturated carbocycles. The van der Waals surface area contributed by atoms with Gasteiger partial charge in [0, 0.05) is 13.5 Å². The number of amides is 1. The Morgan fingerprint density at radius 1 is 1.17 bits per heavy atom. The normalized spacial score (nSPS) is 12.3. The minimum Gasteiger partial charge on any atom is -0.348 e. The van der Waals surface area contributed by atoms with E-state index in [9.17, 15) is 4.79 Å².